The van der Waals surface area contributed by atoms with E-state index in [2.05, 4.69) is 17.4 Å². The Morgan fingerprint density at radius 3 is 2.72 bits per heavy atom. The van der Waals surface area contributed by atoms with Crippen molar-refractivity contribution in [1.29, 1.82) is 0 Å². The molecule has 2 aliphatic heterocycles. The Balaban J connectivity index is 1.45. The molecule has 0 saturated carbocycles. The molecule has 6 heteroatoms. The summed E-state index contributed by atoms with van der Waals surface area (Å²) in [6.45, 7) is 3.26. The van der Waals surface area contributed by atoms with Crippen LogP contribution in [0.3, 0.4) is 0 Å². The van der Waals surface area contributed by atoms with Crippen LogP contribution in [0.4, 0.5) is 0 Å². The van der Waals surface area contributed by atoms with Crippen LogP contribution in [0.25, 0.3) is 11.0 Å². The van der Waals surface area contributed by atoms with Gasteiger partial charge in [0.15, 0.2) is 0 Å². The van der Waals surface area contributed by atoms with Crippen LogP contribution in [0.1, 0.15) is 31.2 Å². The van der Waals surface area contributed by atoms with E-state index in [0.717, 1.165) is 63.1 Å². The van der Waals surface area contributed by atoms with Gasteiger partial charge < -0.3 is 14.8 Å². The zero-order chi connectivity index (χ0) is 17.4. The topological polar surface area (TPSA) is 57.4 Å². The lowest BCUT2D eigenvalue weighted by Crippen LogP contribution is -2.49. The average molecular weight is 345 g/mol. The Morgan fingerprint density at radius 1 is 1.16 bits per heavy atom. The van der Waals surface area contributed by atoms with Crippen LogP contribution in [0, 0.1) is 0 Å². The molecule has 1 atom stereocenters. The highest BCUT2D eigenvalue weighted by atomic mass is 16.5. The van der Waals surface area contributed by atoms with Gasteiger partial charge in [-0.2, -0.15) is 0 Å². The largest absolute Gasteiger partial charge is 0.381 e. The third-order valence-electron chi connectivity index (χ3n) is 5.83. The second-order valence-electron chi connectivity index (χ2n) is 7.44. The van der Waals surface area contributed by atoms with Crippen molar-refractivity contribution in [1.82, 2.24) is 14.5 Å². The van der Waals surface area contributed by atoms with Gasteiger partial charge in [0.2, 0.25) is 0 Å². The van der Waals surface area contributed by atoms with Crippen molar-refractivity contribution in [3.05, 3.63) is 34.2 Å². The normalized spacial score (nSPS) is 23.4. The number of hydrogen-bond donors (Lipinski definition) is 1. The van der Waals surface area contributed by atoms with Gasteiger partial charge in [0, 0.05) is 46.5 Å². The van der Waals surface area contributed by atoms with Crippen molar-refractivity contribution in [2.45, 2.75) is 43.9 Å². The molecule has 1 aromatic carbocycles. The molecule has 6 nitrogen and oxygen atoms in total. The molecule has 0 bridgehead atoms. The third kappa shape index (κ3) is 3.14. The number of fused-ring (bicyclic) bond motifs is 1. The zero-order valence-corrected chi connectivity index (χ0v) is 15.1. The van der Waals surface area contributed by atoms with Crippen LogP contribution in [0.5, 0.6) is 0 Å². The number of nitrogens with one attached hydrogen (secondary N) is 1. The first-order valence-electron chi connectivity index (χ1n) is 9.17. The number of hydrogen-bond acceptors (Lipinski definition) is 4. The van der Waals surface area contributed by atoms with E-state index in [4.69, 9.17) is 9.47 Å². The summed E-state index contributed by atoms with van der Waals surface area (Å²) in [5.74, 6) is 0. The maximum atomic E-state index is 12.1. The Bertz CT molecular complexity index is 812. The van der Waals surface area contributed by atoms with Crippen molar-refractivity contribution in [3.63, 3.8) is 0 Å². The van der Waals surface area contributed by atoms with Gasteiger partial charge >= 0.3 is 5.69 Å². The number of nitrogens with zero attached hydrogens (tertiary/aromatic N) is 2. The summed E-state index contributed by atoms with van der Waals surface area (Å²) < 4.78 is 15.0. The van der Waals surface area contributed by atoms with Crippen LogP contribution in [0.2, 0.25) is 0 Å². The molecule has 3 heterocycles. The van der Waals surface area contributed by atoms with Crippen molar-refractivity contribution in [2.75, 3.05) is 19.8 Å². The quantitative estimate of drug-likeness (QED) is 0.920. The fourth-order valence-corrected chi connectivity index (χ4v) is 4.22. The van der Waals surface area contributed by atoms with E-state index in [1.807, 2.05) is 20.2 Å². The van der Waals surface area contributed by atoms with Crippen LogP contribution in [-0.2, 0) is 30.1 Å². The molecule has 2 fully saturated rings. The number of aryl methyl sites for hydroxylation is 2. The van der Waals surface area contributed by atoms with E-state index in [0.29, 0.717) is 6.04 Å². The molecular weight excluding hydrogens is 318 g/mol. The summed E-state index contributed by atoms with van der Waals surface area (Å²) >= 11 is 0. The van der Waals surface area contributed by atoms with E-state index in [9.17, 15) is 4.79 Å². The predicted octanol–water partition coefficient (Wildman–Crippen LogP) is 1.69. The minimum Gasteiger partial charge on any atom is -0.381 e. The molecule has 4 rings (SSSR count). The highest BCUT2D eigenvalue weighted by molar-refractivity contribution is 5.76. The summed E-state index contributed by atoms with van der Waals surface area (Å²) in [5.41, 5.74) is 3.21. The van der Waals surface area contributed by atoms with Gasteiger partial charge in [-0.25, -0.2) is 4.79 Å². The monoisotopic (exact) mass is 345 g/mol. The third-order valence-corrected chi connectivity index (χ3v) is 5.83. The molecule has 0 aliphatic carbocycles. The van der Waals surface area contributed by atoms with E-state index in [-0.39, 0.29) is 11.3 Å². The number of ether oxygens (including phenoxy) is 2. The van der Waals surface area contributed by atoms with Crippen molar-refractivity contribution < 1.29 is 9.47 Å². The zero-order valence-electron chi connectivity index (χ0n) is 15.1. The molecule has 0 amide bonds. The van der Waals surface area contributed by atoms with Gasteiger partial charge in [0.05, 0.1) is 16.6 Å². The molecule has 1 aromatic heterocycles. The first-order valence-corrected chi connectivity index (χ1v) is 9.17. The molecule has 2 aliphatic rings. The Kier molecular flexibility index (Phi) is 4.43. The summed E-state index contributed by atoms with van der Waals surface area (Å²) in [4.78, 5) is 12.1. The number of aromatic nitrogens is 2. The predicted molar refractivity (Wildman–Crippen MR) is 96.8 cm³/mol. The molecular formula is C19H27N3O3. The second-order valence-corrected chi connectivity index (χ2v) is 7.44. The first kappa shape index (κ1) is 16.8. The molecule has 2 aromatic rings. The van der Waals surface area contributed by atoms with Crippen LogP contribution in [0.15, 0.2) is 23.0 Å². The minimum atomic E-state index is 0.0153. The molecule has 25 heavy (non-hydrogen) atoms. The van der Waals surface area contributed by atoms with Crippen molar-refractivity contribution >= 4 is 11.0 Å². The van der Waals surface area contributed by atoms with Gasteiger partial charge in [-0.3, -0.25) is 9.13 Å². The van der Waals surface area contributed by atoms with Gasteiger partial charge in [-0.05, 0) is 43.4 Å². The summed E-state index contributed by atoms with van der Waals surface area (Å²) in [7, 11) is 3.65. The molecule has 1 N–H and O–H groups in total. The second kappa shape index (κ2) is 6.59. The Morgan fingerprint density at radius 2 is 1.92 bits per heavy atom. The molecule has 136 valence electrons. The van der Waals surface area contributed by atoms with E-state index < -0.39 is 0 Å². The van der Waals surface area contributed by atoms with Crippen LogP contribution in [-0.4, -0.2) is 40.6 Å². The smallest absolute Gasteiger partial charge is 0.328 e. The average Bonchev–Trinajstić information content (AvgIpc) is 2.85. The molecule has 1 spiro atoms. The Hall–Kier alpha value is -1.63. The molecule has 0 unspecified atom stereocenters. The highest BCUT2D eigenvalue weighted by Crippen LogP contribution is 2.34. The maximum absolute atomic E-state index is 12.1. The van der Waals surface area contributed by atoms with Gasteiger partial charge in [0.1, 0.15) is 0 Å². The summed E-state index contributed by atoms with van der Waals surface area (Å²) in [6, 6.07) is 6.74. The van der Waals surface area contributed by atoms with E-state index in [1.165, 1.54) is 5.56 Å². The lowest BCUT2D eigenvalue weighted by Gasteiger charge is -2.43. The van der Waals surface area contributed by atoms with E-state index in [1.54, 1.807) is 9.13 Å². The SMILES string of the molecule is Cn1c(=O)n(C)c2cc(CN[C@@H]3CCOC4(CCOCC4)C3)ccc21. The molecule has 0 radical (unpaired) electrons. The first-order chi connectivity index (χ1) is 12.1. The summed E-state index contributed by atoms with van der Waals surface area (Å²) in [6.07, 6.45) is 4.11. The van der Waals surface area contributed by atoms with Crippen molar-refractivity contribution in [2.24, 2.45) is 14.1 Å². The van der Waals surface area contributed by atoms with E-state index >= 15 is 0 Å². The fourth-order valence-electron chi connectivity index (χ4n) is 4.22. The highest BCUT2D eigenvalue weighted by Gasteiger charge is 2.38. The van der Waals surface area contributed by atoms with Gasteiger partial charge in [0.25, 0.3) is 0 Å². The number of benzene rings is 1. The standard InChI is InChI=1S/C19H27N3O3/c1-21-16-4-3-14(11-17(16)22(2)18(21)23)13-20-15-5-8-25-19(12-15)6-9-24-10-7-19/h3-4,11,15,20H,5-10,12-13H2,1-2H3/t15-/m1/s1. The number of imidazole rings is 1. The minimum absolute atomic E-state index is 0.0153. The van der Waals surface area contributed by atoms with Gasteiger partial charge in [-0.15, -0.1) is 0 Å². The fraction of sp³-hybridized carbons (Fsp3) is 0.632. The Labute approximate surface area is 147 Å². The maximum Gasteiger partial charge on any atom is 0.328 e. The lowest BCUT2D eigenvalue weighted by molar-refractivity contribution is -0.140. The van der Waals surface area contributed by atoms with Crippen LogP contribution < -0.4 is 11.0 Å². The number of rotatable bonds is 3. The lowest BCUT2D eigenvalue weighted by atomic mass is 9.84. The summed E-state index contributed by atoms with van der Waals surface area (Å²) in [5, 5.41) is 3.70. The van der Waals surface area contributed by atoms with Crippen LogP contribution >= 0.6 is 0 Å². The van der Waals surface area contributed by atoms with Crippen molar-refractivity contribution in [3.8, 4) is 0 Å². The molecule has 2 saturated heterocycles. The van der Waals surface area contributed by atoms with Gasteiger partial charge in [-0.1, -0.05) is 6.07 Å².